The summed E-state index contributed by atoms with van der Waals surface area (Å²) in [6.45, 7) is 13.8. The number of piperazine rings is 1. The molecule has 0 bridgehead atoms. The predicted molar refractivity (Wildman–Crippen MR) is 81.7 cm³/mol. The van der Waals surface area contributed by atoms with Gasteiger partial charge in [-0.15, -0.1) is 0 Å². The van der Waals surface area contributed by atoms with Crippen LogP contribution in [-0.2, 0) is 6.54 Å². The number of nitrogens with one attached hydrogen (secondary N) is 1. The monoisotopic (exact) mass is 279 g/mol. The maximum atomic E-state index is 5.75. The second kappa shape index (κ2) is 6.72. The van der Waals surface area contributed by atoms with Gasteiger partial charge >= 0.3 is 0 Å². The molecule has 0 aliphatic carbocycles. The largest absolute Gasteiger partial charge is 0.444 e. The van der Waals surface area contributed by atoms with Gasteiger partial charge in [-0.3, -0.25) is 4.90 Å². The van der Waals surface area contributed by atoms with Crippen LogP contribution in [-0.4, -0.2) is 35.1 Å². The fraction of sp³-hybridized carbons (Fsp3) is 0.812. The van der Waals surface area contributed by atoms with Crippen molar-refractivity contribution in [1.29, 1.82) is 0 Å². The minimum absolute atomic E-state index is 0.589. The van der Waals surface area contributed by atoms with Gasteiger partial charge in [-0.1, -0.05) is 20.8 Å². The highest BCUT2D eigenvalue weighted by atomic mass is 16.4. The summed E-state index contributed by atoms with van der Waals surface area (Å²) in [6, 6.07) is 1.18. The van der Waals surface area contributed by atoms with Crippen LogP contribution in [0.3, 0.4) is 0 Å². The second-order valence-corrected chi connectivity index (χ2v) is 6.48. The number of aryl methyl sites for hydroxylation is 2. The summed E-state index contributed by atoms with van der Waals surface area (Å²) in [5.41, 5.74) is 1.02. The molecule has 0 radical (unpaired) electrons. The molecule has 20 heavy (non-hydrogen) atoms. The van der Waals surface area contributed by atoms with Crippen LogP contribution in [0.25, 0.3) is 0 Å². The Morgan fingerprint density at radius 3 is 2.70 bits per heavy atom. The van der Waals surface area contributed by atoms with Gasteiger partial charge in [0.25, 0.3) is 0 Å². The van der Waals surface area contributed by atoms with Crippen molar-refractivity contribution in [3.63, 3.8) is 0 Å². The maximum absolute atomic E-state index is 5.75. The summed E-state index contributed by atoms with van der Waals surface area (Å²) >= 11 is 0. The van der Waals surface area contributed by atoms with E-state index in [4.69, 9.17) is 4.42 Å². The van der Waals surface area contributed by atoms with Crippen LogP contribution in [0, 0.1) is 19.8 Å². The first-order chi connectivity index (χ1) is 9.49. The molecule has 4 nitrogen and oxygen atoms in total. The molecule has 2 atom stereocenters. The fourth-order valence-electron chi connectivity index (χ4n) is 3.03. The molecule has 1 N–H and O–H groups in total. The molecule has 1 aliphatic rings. The average Bonchev–Trinajstić information content (AvgIpc) is 2.68. The molecule has 1 aromatic heterocycles. The molecule has 114 valence electrons. The number of rotatable bonds is 5. The Morgan fingerprint density at radius 2 is 2.15 bits per heavy atom. The van der Waals surface area contributed by atoms with Gasteiger partial charge in [0.2, 0.25) is 5.89 Å². The van der Waals surface area contributed by atoms with Crippen LogP contribution in [0.4, 0.5) is 0 Å². The van der Waals surface area contributed by atoms with E-state index < -0.39 is 0 Å². The van der Waals surface area contributed by atoms with Crippen molar-refractivity contribution in [1.82, 2.24) is 15.2 Å². The van der Waals surface area contributed by atoms with E-state index >= 15 is 0 Å². The molecule has 4 heteroatoms. The second-order valence-electron chi connectivity index (χ2n) is 6.48. The van der Waals surface area contributed by atoms with Crippen molar-refractivity contribution in [3.05, 3.63) is 17.3 Å². The highest BCUT2D eigenvalue weighted by molar-refractivity contribution is 5.05. The summed E-state index contributed by atoms with van der Waals surface area (Å²) in [6.07, 6.45) is 2.40. The Hall–Kier alpha value is -0.870. The van der Waals surface area contributed by atoms with Gasteiger partial charge in [-0.25, -0.2) is 4.98 Å². The van der Waals surface area contributed by atoms with E-state index in [-0.39, 0.29) is 0 Å². The molecule has 0 amide bonds. The third-order valence-electron chi connectivity index (χ3n) is 4.25. The Balaban J connectivity index is 2.01. The first kappa shape index (κ1) is 15.5. The molecule has 2 unspecified atom stereocenters. The van der Waals surface area contributed by atoms with Gasteiger partial charge in [0.15, 0.2) is 0 Å². The number of nitrogens with zero attached hydrogens (tertiary/aromatic N) is 2. The van der Waals surface area contributed by atoms with E-state index in [9.17, 15) is 0 Å². The molecule has 2 rings (SSSR count). The lowest BCUT2D eigenvalue weighted by atomic mass is 9.99. The van der Waals surface area contributed by atoms with E-state index in [1.165, 1.54) is 12.8 Å². The number of hydrogen-bond acceptors (Lipinski definition) is 4. The zero-order chi connectivity index (χ0) is 14.7. The van der Waals surface area contributed by atoms with Gasteiger partial charge < -0.3 is 9.73 Å². The maximum Gasteiger partial charge on any atom is 0.208 e. The number of oxazole rings is 1. The number of aromatic nitrogens is 1. The molecule has 1 aromatic rings. The minimum Gasteiger partial charge on any atom is -0.444 e. The van der Waals surface area contributed by atoms with E-state index in [1.54, 1.807) is 0 Å². The lowest BCUT2D eigenvalue weighted by Gasteiger charge is -2.40. The first-order valence-corrected chi connectivity index (χ1v) is 7.89. The third-order valence-corrected chi connectivity index (χ3v) is 4.25. The quantitative estimate of drug-likeness (QED) is 0.900. The highest BCUT2D eigenvalue weighted by Gasteiger charge is 2.28. The molecule has 1 saturated heterocycles. The van der Waals surface area contributed by atoms with Crippen molar-refractivity contribution in [2.45, 2.75) is 66.1 Å². The molecule has 1 fully saturated rings. The Kier molecular flexibility index (Phi) is 5.22. The van der Waals surface area contributed by atoms with Crippen molar-refractivity contribution in [3.8, 4) is 0 Å². The average molecular weight is 279 g/mol. The third kappa shape index (κ3) is 3.83. The smallest absolute Gasteiger partial charge is 0.208 e. The zero-order valence-electron chi connectivity index (χ0n) is 13.6. The fourth-order valence-corrected chi connectivity index (χ4v) is 3.03. The molecule has 1 aliphatic heterocycles. The van der Waals surface area contributed by atoms with Crippen LogP contribution in [0.2, 0.25) is 0 Å². The van der Waals surface area contributed by atoms with Gasteiger partial charge in [-0.2, -0.15) is 0 Å². The van der Waals surface area contributed by atoms with Gasteiger partial charge in [0, 0.05) is 25.2 Å². The van der Waals surface area contributed by atoms with Crippen molar-refractivity contribution >= 4 is 0 Å². The molecule has 0 aromatic carbocycles. The van der Waals surface area contributed by atoms with Crippen molar-refractivity contribution in [2.75, 3.05) is 13.1 Å². The minimum atomic E-state index is 0.589. The summed E-state index contributed by atoms with van der Waals surface area (Å²) in [5.74, 6) is 2.55. The van der Waals surface area contributed by atoms with Crippen LogP contribution < -0.4 is 5.32 Å². The molecule has 0 saturated carbocycles. The van der Waals surface area contributed by atoms with Crippen LogP contribution in [0.5, 0.6) is 0 Å². The number of hydrogen-bond donors (Lipinski definition) is 1. The van der Waals surface area contributed by atoms with Gasteiger partial charge in [0.05, 0.1) is 12.2 Å². The van der Waals surface area contributed by atoms with Crippen molar-refractivity contribution in [2.24, 2.45) is 5.92 Å². The zero-order valence-corrected chi connectivity index (χ0v) is 13.6. The van der Waals surface area contributed by atoms with E-state index in [1.807, 2.05) is 13.8 Å². The molecule has 2 heterocycles. The van der Waals surface area contributed by atoms with Crippen LogP contribution in [0.15, 0.2) is 4.42 Å². The Labute approximate surface area is 122 Å². The molecule has 0 spiro atoms. The molecular weight excluding hydrogens is 250 g/mol. The SMILES string of the molecule is CCC1CNC(CC(C)C)CN1Cc1nc(C)c(C)o1. The van der Waals surface area contributed by atoms with Crippen molar-refractivity contribution < 1.29 is 4.42 Å². The first-order valence-electron chi connectivity index (χ1n) is 7.89. The van der Waals surface area contributed by atoms with Crippen LogP contribution >= 0.6 is 0 Å². The van der Waals surface area contributed by atoms with E-state index in [0.29, 0.717) is 12.1 Å². The summed E-state index contributed by atoms with van der Waals surface area (Å²) in [7, 11) is 0. The highest BCUT2D eigenvalue weighted by Crippen LogP contribution is 2.19. The van der Waals surface area contributed by atoms with Gasteiger partial charge in [0.1, 0.15) is 5.76 Å². The van der Waals surface area contributed by atoms with E-state index in [0.717, 1.165) is 42.9 Å². The summed E-state index contributed by atoms with van der Waals surface area (Å²) in [4.78, 5) is 7.07. The Bertz CT molecular complexity index is 408. The van der Waals surface area contributed by atoms with E-state index in [2.05, 4.69) is 36.0 Å². The summed E-state index contributed by atoms with van der Waals surface area (Å²) < 4.78 is 5.75. The molecular formula is C16H29N3O. The lowest BCUT2D eigenvalue weighted by molar-refractivity contribution is 0.101. The normalized spacial score (nSPS) is 24.5. The Morgan fingerprint density at radius 1 is 1.40 bits per heavy atom. The lowest BCUT2D eigenvalue weighted by Crippen LogP contribution is -2.56. The topological polar surface area (TPSA) is 41.3 Å². The van der Waals surface area contributed by atoms with Gasteiger partial charge in [-0.05, 0) is 32.6 Å². The predicted octanol–water partition coefficient (Wildman–Crippen LogP) is 2.89. The van der Waals surface area contributed by atoms with Crippen LogP contribution in [0.1, 0.15) is 51.0 Å². The summed E-state index contributed by atoms with van der Waals surface area (Å²) in [5, 5.41) is 3.69. The standard InChI is InChI=1S/C16H29N3O/c1-6-15-8-17-14(7-11(2)3)9-19(15)10-16-18-12(4)13(5)20-16/h11,14-15,17H,6-10H2,1-5H3.